The van der Waals surface area contributed by atoms with Crippen molar-refractivity contribution in [2.45, 2.75) is 0 Å². The number of hydrogen-bond donors (Lipinski definition) is 1. The quantitative estimate of drug-likeness (QED) is 0.801. The highest BCUT2D eigenvalue weighted by molar-refractivity contribution is 7.11. The third-order valence-electron chi connectivity index (χ3n) is 2.95. The van der Waals surface area contributed by atoms with Crippen molar-refractivity contribution >= 4 is 23.1 Å². The first kappa shape index (κ1) is 14.2. The van der Waals surface area contributed by atoms with Crippen molar-refractivity contribution in [3.8, 4) is 17.0 Å². The lowest BCUT2D eigenvalue weighted by Crippen LogP contribution is -2.11. The monoisotopic (exact) mass is 312 g/mol. The zero-order chi connectivity index (χ0) is 15.4. The van der Waals surface area contributed by atoms with Crippen molar-refractivity contribution in [3.05, 3.63) is 53.0 Å². The molecule has 2 aromatic heterocycles. The van der Waals surface area contributed by atoms with Crippen LogP contribution in [0.5, 0.6) is 5.75 Å². The van der Waals surface area contributed by atoms with Gasteiger partial charge in [-0.15, -0.1) is 21.5 Å². The fraction of sp³-hybridized carbons (Fsp3) is 0.0667. The van der Waals surface area contributed by atoms with E-state index in [0.717, 1.165) is 17.0 Å². The van der Waals surface area contributed by atoms with Crippen LogP contribution in [-0.4, -0.2) is 28.2 Å². The number of aromatic nitrogens is 3. The molecule has 0 radical (unpaired) electrons. The number of ether oxygens (including phenoxy) is 1. The molecule has 0 aliphatic heterocycles. The predicted octanol–water partition coefficient (Wildman–Crippen LogP) is 2.86. The van der Waals surface area contributed by atoms with Gasteiger partial charge in [-0.3, -0.25) is 9.78 Å². The van der Waals surface area contributed by atoms with E-state index in [1.165, 1.54) is 17.5 Å². The topological polar surface area (TPSA) is 77.0 Å². The second-order valence-electron chi connectivity index (χ2n) is 4.35. The van der Waals surface area contributed by atoms with Crippen LogP contribution in [0.15, 0.2) is 48.1 Å². The number of amides is 1. The summed E-state index contributed by atoms with van der Waals surface area (Å²) in [4.78, 5) is 16.3. The standard InChI is InChI=1S/C15H12N4O2S/c1-21-11-4-2-10(3-5-11)12-6-7-14(19-18-12)17-15(20)13-8-16-9-22-13/h2-9H,1H3,(H,17,19,20). The maximum Gasteiger partial charge on any atom is 0.268 e. The number of thiazole rings is 1. The van der Waals surface area contributed by atoms with Gasteiger partial charge in [0.25, 0.3) is 5.91 Å². The molecule has 0 unspecified atom stereocenters. The number of methoxy groups -OCH3 is 1. The molecule has 0 fully saturated rings. The first-order chi connectivity index (χ1) is 10.8. The fourth-order valence-electron chi connectivity index (χ4n) is 1.82. The molecule has 2 heterocycles. The molecule has 1 amide bonds. The Kier molecular flexibility index (Phi) is 4.06. The highest BCUT2D eigenvalue weighted by Gasteiger charge is 2.09. The zero-order valence-electron chi connectivity index (χ0n) is 11.7. The van der Waals surface area contributed by atoms with E-state index < -0.39 is 0 Å². The van der Waals surface area contributed by atoms with Crippen molar-refractivity contribution in [1.82, 2.24) is 15.2 Å². The van der Waals surface area contributed by atoms with Gasteiger partial charge in [-0.25, -0.2) is 0 Å². The lowest BCUT2D eigenvalue weighted by atomic mass is 10.1. The Morgan fingerprint density at radius 2 is 1.95 bits per heavy atom. The predicted molar refractivity (Wildman–Crippen MR) is 84.1 cm³/mol. The summed E-state index contributed by atoms with van der Waals surface area (Å²) in [6.07, 6.45) is 1.51. The summed E-state index contributed by atoms with van der Waals surface area (Å²) >= 11 is 1.27. The van der Waals surface area contributed by atoms with Gasteiger partial charge in [0.15, 0.2) is 5.82 Å². The molecule has 6 nitrogen and oxygen atoms in total. The van der Waals surface area contributed by atoms with Crippen LogP contribution >= 0.6 is 11.3 Å². The Morgan fingerprint density at radius 1 is 1.14 bits per heavy atom. The normalized spacial score (nSPS) is 10.2. The van der Waals surface area contributed by atoms with E-state index in [9.17, 15) is 4.79 Å². The lowest BCUT2D eigenvalue weighted by Gasteiger charge is -2.04. The summed E-state index contributed by atoms with van der Waals surface area (Å²) in [6.45, 7) is 0. The van der Waals surface area contributed by atoms with Gasteiger partial charge >= 0.3 is 0 Å². The summed E-state index contributed by atoms with van der Waals surface area (Å²) in [5.74, 6) is 0.940. The third-order valence-corrected chi connectivity index (χ3v) is 3.72. The highest BCUT2D eigenvalue weighted by atomic mass is 32.1. The first-order valence-corrected chi connectivity index (χ1v) is 7.32. The van der Waals surface area contributed by atoms with Crippen LogP contribution in [0.3, 0.4) is 0 Å². The average Bonchev–Trinajstić information content (AvgIpc) is 3.10. The van der Waals surface area contributed by atoms with Gasteiger partial charge in [0.2, 0.25) is 0 Å². The molecule has 110 valence electrons. The number of hydrogen-bond acceptors (Lipinski definition) is 6. The van der Waals surface area contributed by atoms with Gasteiger partial charge in [0.1, 0.15) is 10.6 Å². The molecule has 1 aromatic carbocycles. The summed E-state index contributed by atoms with van der Waals surface area (Å²) in [5, 5.41) is 10.8. The second kappa shape index (κ2) is 6.31. The molecular formula is C15H12N4O2S. The first-order valence-electron chi connectivity index (χ1n) is 6.44. The van der Waals surface area contributed by atoms with Crippen LogP contribution < -0.4 is 10.1 Å². The summed E-state index contributed by atoms with van der Waals surface area (Å²) in [5.41, 5.74) is 3.25. The van der Waals surface area contributed by atoms with E-state index in [2.05, 4.69) is 20.5 Å². The largest absolute Gasteiger partial charge is 0.497 e. The number of nitrogens with one attached hydrogen (secondary N) is 1. The van der Waals surface area contributed by atoms with E-state index in [0.29, 0.717) is 10.7 Å². The second-order valence-corrected chi connectivity index (χ2v) is 5.24. The van der Waals surface area contributed by atoms with Crippen LogP contribution in [0.1, 0.15) is 9.67 Å². The molecular weight excluding hydrogens is 300 g/mol. The van der Waals surface area contributed by atoms with Crippen molar-refractivity contribution < 1.29 is 9.53 Å². The van der Waals surface area contributed by atoms with E-state index >= 15 is 0 Å². The molecule has 3 aromatic rings. The number of nitrogens with zero attached hydrogens (tertiary/aromatic N) is 3. The van der Waals surface area contributed by atoms with Crippen molar-refractivity contribution in [2.24, 2.45) is 0 Å². The van der Waals surface area contributed by atoms with Crippen LogP contribution in [0.25, 0.3) is 11.3 Å². The Morgan fingerprint density at radius 3 is 2.55 bits per heavy atom. The lowest BCUT2D eigenvalue weighted by molar-refractivity contribution is 0.103. The molecule has 0 atom stereocenters. The van der Waals surface area contributed by atoms with Crippen molar-refractivity contribution in [1.29, 1.82) is 0 Å². The number of carbonyl (C=O) groups excluding carboxylic acids is 1. The van der Waals surface area contributed by atoms with E-state index in [-0.39, 0.29) is 5.91 Å². The van der Waals surface area contributed by atoms with Crippen molar-refractivity contribution in [3.63, 3.8) is 0 Å². The SMILES string of the molecule is COc1ccc(-c2ccc(NC(=O)c3cncs3)nn2)cc1. The summed E-state index contributed by atoms with van der Waals surface area (Å²) in [6, 6.07) is 11.0. The Hall–Kier alpha value is -2.80. The van der Waals surface area contributed by atoms with Crippen molar-refractivity contribution in [2.75, 3.05) is 12.4 Å². The molecule has 0 saturated heterocycles. The van der Waals surface area contributed by atoms with Crippen LogP contribution in [0.4, 0.5) is 5.82 Å². The Balaban J connectivity index is 1.73. The average molecular weight is 312 g/mol. The molecule has 22 heavy (non-hydrogen) atoms. The molecule has 0 spiro atoms. The molecule has 3 rings (SSSR count). The van der Waals surface area contributed by atoms with Gasteiger partial charge < -0.3 is 10.1 Å². The van der Waals surface area contributed by atoms with E-state index in [1.807, 2.05) is 24.3 Å². The van der Waals surface area contributed by atoms with Crippen LogP contribution in [0.2, 0.25) is 0 Å². The van der Waals surface area contributed by atoms with Gasteiger partial charge in [0, 0.05) is 5.56 Å². The Bertz CT molecular complexity index is 755. The number of anilines is 1. The number of benzene rings is 1. The maximum absolute atomic E-state index is 11.9. The minimum atomic E-state index is -0.242. The smallest absolute Gasteiger partial charge is 0.268 e. The highest BCUT2D eigenvalue weighted by Crippen LogP contribution is 2.20. The van der Waals surface area contributed by atoms with Gasteiger partial charge in [0.05, 0.1) is 24.5 Å². The number of rotatable bonds is 4. The van der Waals surface area contributed by atoms with Gasteiger partial charge in [-0.2, -0.15) is 0 Å². The zero-order valence-corrected chi connectivity index (χ0v) is 12.5. The molecule has 0 aliphatic carbocycles. The third kappa shape index (κ3) is 3.09. The minimum Gasteiger partial charge on any atom is -0.497 e. The molecule has 7 heteroatoms. The Labute approximate surface area is 130 Å². The molecule has 0 aliphatic rings. The van der Waals surface area contributed by atoms with Crippen LogP contribution in [-0.2, 0) is 0 Å². The summed E-state index contributed by atoms with van der Waals surface area (Å²) < 4.78 is 5.12. The molecule has 0 saturated carbocycles. The van der Waals surface area contributed by atoms with Gasteiger partial charge in [-0.1, -0.05) is 0 Å². The van der Waals surface area contributed by atoms with E-state index in [4.69, 9.17) is 4.74 Å². The summed E-state index contributed by atoms with van der Waals surface area (Å²) in [7, 11) is 1.62. The fourth-order valence-corrected chi connectivity index (χ4v) is 2.34. The minimum absolute atomic E-state index is 0.242. The van der Waals surface area contributed by atoms with E-state index in [1.54, 1.807) is 24.8 Å². The van der Waals surface area contributed by atoms with Gasteiger partial charge in [-0.05, 0) is 36.4 Å². The molecule has 0 bridgehead atoms. The maximum atomic E-state index is 11.9. The molecule has 1 N–H and O–H groups in total. The van der Waals surface area contributed by atoms with Crippen LogP contribution in [0, 0.1) is 0 Å². The number of carbonyl (C=O) groups is 1.